The number of benzene rings is 1. The van der Waals surface area contributed by atoms with E-state index in [1.807, 2.05) is 0 Å². The first-order valence-electron chi connectivity index (χ1n) is 9.62. The number of nitrogens with zero attached hydrogens (tertiary/aromatic N) is 1. The Bertz CT molecular complexity index is 650. The third-order valence-corrected chi connectivity index (χ3v) is 6.35. The number of rotatable bonds is 4. The molecule has 4 atom stereocenters. The molecule has 1 nitrogen and oxygen atoms in total. The fourth-order valence-electron chi connectivity index (χ4n) is 4.99. The number of halogens is 2. The van der Waals surface area contributed by atoms with Crippen LogP contribution in [-0.4, -0.2) is 0 Å². The highest BCUT2D eigenvalue weighted by atomic mass is 19.1. The highest BCUT2D eigenvalue weighted by Gasteiger charge is 2.36. The predicted octanol–water partition coefficient (Wildman–Crippen LogP) is 6.49. The van der Waals surface area contributed by atoms with Gasteiger partial charge in [-0.2, -0.15) is 5.26 Å². The zero-order chi connectivity index (χ0) is 17.8. The molecule has 3 heteroatoms. The summed E-state index contributed by atoms with van der Waals surface area (Å²) in [5.74, 6) is 1.13. The first-order valence-corrected chi connectivity index (χ1v) is 9.62. The zero-order valence-corrected chi connectivity index (χ0v) is 15.0. The largest absolute Gasteiger partial charge is 0.205 e. The van der Waals surface area contributed by atoms with Crippen LogP contribution in [0.1, 0.15) is 75.3 Å². The molecule has 2 aliphatic rings. The number of fused-ring (bicyclic) bond motifs is 1. The molecular formula is C22H27F2N. The minimum absolute atomic E-state index is 0.234. The lowest BCUT2D eigenvalue weighted by Crippen LogP contribution is -2.30. The monoisotopic (exact) mass is 343 g/mol. The van der Waals surface area contributed by atoms with Gasteiger partial charge in [-0.3, -0.25) is 0 Å². The molecule has 2 aliphatic carbocycles. The van der Waals surface area contributed by atoms with Crippen LogP contribution < -0.4 is 0 Å². The third-order valence-electron chi connectivity index (χ3n) is 6.35. The standard InChI is InChI=1S/C22H27F2N/c1-2-3-4-5-15-6-7-17-11-18(9-8-16(17)10-15)19-12-21(23)20(14-25)22(24)13-19/h2-3,12-13,15-18H,4-11H2,1H3. The summed E-state index contributed by atoms with van der Waals surface area (Å²) in [6, 6.07) is 4.38. The Morgan fingerprint density at radius 3 is 2.44 bits per heavy atom. The quantitative estimate of drug-likeness (QED) is 0.573. The van der Waals surface area contributed by atoms with Crippen LogP contribution in [-0.2, 0) is 0 Å². The van der Waals surface area contributed by atoms with Crippen molar-refractivity contribution in [2.24, 2.45) is 17.8 Å². The van der Waals surface area contributed by atoms with Gasteiger partial charge >= 0.3 is 0 Å². The normalized spacial score (nSPS) is 29.4. The lowest BCUT2D eigenvalue weighted by Gasteiger charge is -2.42. The van der Waals surface area contributed by atoms with Gasteiger partial charge in [0.2, 0.25) is 0 Å². The summed E-state index contributed by atoms with van der Waals surface area (Å²) in [7, 11) is 0. The van der Waals surface area contributed by atoms with Crippen molar-refractivity contribution in [1.29, 1.82) is 5.26 Å². The van der Waals surface area contributed by atoms with Gasteiger partial charge in [0.15, 0.2) is 0 Å². The van der Waals surface area contributed by atoms with E-state index in [9.17, 15) is 8.78 Å². The molecule has 0 heterocycles. The molecule has 0 amide bonds. The molecule has 1 aromatic carbocycles. The summed E-state index contributed by atoms with van der Waals surface area (Å²) in [4.78, 5) is 0. The number of hydrogen-bond donors (Lipinski definition) is 0. The predicted molar refractivity (Wildman–Crippen MR) is 96.0 cm³/mol. The van der Waals surface area contributed by atoms with Crippen molar-refractivity contribution < 1.29 is 8.78 Å². The second-order valence-corrected chi connectivity index (χ2v) is 7.83. The van der Waals surface area contributed by atoms with Crippen LogP contribution in [0.4, 0.5) is 8.78 Å². The molecule has 0 N–H and O–H groups in total. The van der Waals surface area contributed by atoms with Crippen LogP contribution in [0.2, 0.25) is 0 Å². The average molecular weight is 343 g/mol. The SMILES string of the molecule is CC=CCCC1CCC2CC(c3cc(F)c(C#N)c(F)c3)CCC2C1. The molecule has 0 bridgehead atoms. The summed E-state index contributed by atoms with van der Waals surface area (Å²) in [6.45, 7) is 2.08. The highest BCUT2D eigenvalue weighted by Crippen LogP contribution is 2.48. The summed E-state index contributed by atoms with van der Waals surface area (Å²) in [5, 5.41) is 8.82. The number of hydrogen-bond acceptors (Lipinski definition) is 1. The van der Waals surface area contributed by atoms with E-state index in [1.54, 1.807) is 6.07 Å². The van der Waals surface area contributed by atoms with Gasteiger partial charge in [0.1, 0.15) is 23.3 Å². The molecule has 25 heavy (non-hydrogen) atoms. The maximum absolute atomic E-state index is 13.9. The molecular weight excluding hydrogens is 316 g/mol. The highest BCUT2D eigenvalue weighted by molar-refractivity contribution is 5.36. The van der Waals surface area contributed by atoms with E-state index < -0.39 is 17.2 Å². The number of nitriles is 1. The van der Waals surface area contributed by atoms with E-state index in [4.69, 9.17) is 5.26 Å². The van der Waals surface area contributed by atoms with Crippen molar-refractivity contribution in [2.75, 3.05) is 0 Å². The summed E-state index contributed by atoms with van der Waals surface area (Å²) in [6.07, 6.45) is 14.0. The van der Waals surface area contributed by atoms with Crippen molar-refractivity contribution in [1.82, 2.24) is 0 Å². The molecule has 3 rings (SSSR count). The molecule has 0 saturated heterocycles. The van der Waals surface area contributed by atoms with Gasteiger partial charge in [-0.15, -0.1) is 0 Å². The number of allylic oxidation sites excluding steroid dienone is 2. The van der Waals surface area contributed by atoms with Crippen molar-refractivity contribution in [2.45, 2.75) is 64.2 Å². The Hall–Kier alpha value is -1.69. The van der Waals surface area contributed by atoms with Gasteiger partial charge in [-0.1, -0.05) is 18.6 Å². The Balaban J connectivity index is 1.62. The molecule has 134 valence electrons. The van der Waals surface area contributed by atoms with Crippen LogP contribution in [0.15, 0.2) is 24.3 Å². The second kappa shape index (κ2) is 8.13. The van der Waals surface area contributed by atoms with Crippen LogP contribution in [0.25, 0.3) is 0 Å². The molecule has 0 spiro atoms. The first kappa shape index (κ1) is 18.1. The van der Waals surface area contributed by atoms with Gasteiger partial charge in [-0.05, 0) is 93.2 Å². The van der Waals surface area contributed by atoms with E-state index in [0.717, 1.165) is 30.2 Å². The lowest BCUT2D eigenvalue weighted by atomic mass is 9.63. The molecule has 0 aliphatic heterocycles. The van der Waals surface area contributed by atoms with Crippen molar-refractivity contribution in [3.05, 3.63) is 47.0 Å². The Morgan fingerprint density at radius 2 is 1.76 bits per heavy atom. The van der Waals surface area contributed by atoms with Gasteiger partial charge in [0.05, 0.1) is 0 Å². The lowest BCUT2D eigenvalue weighted by molar-refractivity contribution is 0.115. The van der Waals surface area contributed by atoms with Crippen molar-refractivity contribution in [3.63, 3.8) is 0 Å². The first-order chi connectivity index (χ1) is 12.1. The maximum atomic E-state index is 13.9. The fraction of sp³-hybridized carbons (Fsp3) is 0.591. The molecule has 2 fully saturated rings. The van der Waals surface area contributed by atoms with Gasteiger partial charge < -0.3 is 0 Å². The third kappa shape index (κ3) is 4.11. The Morgan fingerprint density at radius 1 is 1.08 bits per heavy atom. The fourth-order valence-corrected chi connectivity index (χ4v) is 4.99. The van der Waals surface area contributed by atoms with Crippen molar-refractivity contribution in [3.8, 4) is 6.07 Å². The zero-order valence-electron chi connectivity index (χ0n) is 15.0. The van der Waals surface area contributed by atoms with Gasteiger partial charge in [0, 0.05) is 0 Å². The molecule has 0 aromatic heterocycles. The Kier molecular flexibility index (Phi) is 5.89. The maximum Gasteiger partial charge on any atom is 0.144 e. The van der Waals surface area contributed by atoms with E-state index in [0.29, 0.717) is 5.92 Å². The van der Waals surface area contributed by atoms with E-state index >= 15 is 0 Å². The van der Waals surface area contributed by atoms with Crippen LogP contribution in [0, 0.1) is 40.7 Å². The van der Waals surface area contributed by atoms with E-state index in [-0.39, 0.29) is 5.92 Å². The van der Waals surface area contributed by atoms with Crippen LogP contribution >= 0.6 is 0 Å². The molecule has 4 unspecified atom stereocenters. The second-order valence-electron chi connectivity index (χ2n) is 7.83. The minimum atomic E-state index is -0.715. The smallest absolute Gasteiger partial charge is 0.144 e. The Labute approximate surface area is 149 Å². The van der Waals surface area contributed by atoms with E-state index in [1.165, 1.54) is 50.7 Å². The van der Waals surface area contributed by atoms with Gasteiger partial charge in [-0.25, -0.2) is 8.78 Å². The van der Waals surface area contributed by atoms with Crippen LogP contribution in [0.5, 0.6) is 0 Å². The summed E-state index contributed by atoms with van der Waals surface area (Å²) in [5.41, 5.74) is 0.279. The van der Waals surface area contributed by atoms with Crippen LogP contribution in [0.3, 0.4) is 0 Å². The summed E-state index contributed by atoms with van der Waals surface area (Å²) >= 11 is 0. The molecule has 2 saturated carbocycles. The van der Waals surface area contributed by atoms with E-state index in [2.05, 4.69) is 19.1 Å². The molecule has 1 aromatic rings. The topological polar surface area (TPSA) is 23.8 Å². The molecule has 0 radical (unpaired) electrons. The van der Waals surface area contributed by atoms with Gasteiger partial charge in [0.25, 0.3) is 0 Å². The average Bonchev–Trinajstić information content (AvgIpc) is 2.61. The minimum Gasteiger partial charge on any atom is -0.205 e. The van der Waals surface area contributed by atoms with Crippen molar-refractivity contribution >= 4 is 0 Å². The summed E-state index contributed by atoms with van der Waals surface area (Å²) < 4.78 is 27.9.